The summed E-state index contributed by atoms with van der Waals surface area (Å²) in [5, 5.41) is 11.0. The topological polar surface area (TPSA) is 61.7 Å². The SMILES string of the molecule is C=NNCC(=O)O. The second-order valence-electron chi connectivity index (χ2n) is 0.887. The van der Waals surface area contributed by atoms with E-state index in [0.29, 0.717) is 0 Å². The van der Waals surface area contributed by atoms with Crippen molar-refractivity contribution in [3.63, 3.8) is 0 Å². The summed E-state index contributed by atoms with van der Waals surface area (Å²) in [7, 11) is 0. The van der Waals surface area contributed by atoms with Crippen molar-refractivity contribution in [3.05, 3.63) is 0 Å². The summed E-state index contributed by atoms with van der Waals surface area (Å²) in [5.41, 5.74) is 2.16. The highest BCUT2D eigenvalue weighted by molar-refractivity contribution is 5.68. The molecule has 0 saturated heterocycles. The summed E-state index contributed by atoms with van der Waals surface area (Å²) in [5.74, 6) is -0.938. The molecule has 0 spiro atoms. The van der Waals surface area contributed by atoms with Crippen LogP contribution in [0.15, 0.2) is 5.10 Å². The molecule has 4 nitrogen and oxygen atoms in total. The number of carboxylic acid groups (broad SMARTS) is 1. The lowest BCUT2D eigenvalue weighted by Crippen LogP contribution is -2.16. The summed E-state index contributed by atoms with van der Waals surface area (Å²) in [6.45, 7) is 2.84. The number of hydrazone groups is 1. The lowest BCUT2D eigenvalue weighted by Gasteiger charge is -1.87. The van der Waals surface area contributed by atoms with Gasteiger partial charge in [0.05, 0.1) is 0 Å². The molecule has 0 aliphatic heterocycles. The van der Waals surface area contributed by atoms with E-state index in [1.54, 1.807) is 0 Å². The quantitative estimate of drug-likeness (QED) is 0.365. The first kappa shape index (κ1) is 5.94. The van der Waals surface area contributed by atoms with Crippen LogP contribution in [0.5, 0.6) is 0 Å². The third-order valence-electron chi connectivity index (χ3n) is 0.342. The molecule has 0 radical (unpaired) electrons. The molecule has 0 aliphatic carbocycles. The van der Waals surface area contributed by atoms with Crippen molar-refractivity contribution in [2.75, 3.05) is 6.54 Å². The first-order valence-electron chi connectivity index (χ1n) is 1.67. The molecular weight excluding hydrogens is 96.0 g/mol. The number of hydrogen-bond donors (Lipinski definition) is 2. The Morgan fingerprint density at radius 3 is 2.71 bits per heavy atom. The molecule has 0 saturated carbocycles. The first-order chi connectivity index (χ1) is 3.27. The van der Waals surface area contributed by atoms with E-state index in [1.165, 1.54) is 0 Å². The van der Waals surface area contributed by atoms with Crippen LogP contribution < -0.4 is 5.43 Å². The van der Waals surface area contributed by atoms with Gasteiger partial charge in [0.2, 0.25) is 0 Å². The lowest BCUT2D eigenvalue weighted by atomic mass is 10.7. The normalized spacial score (nSPS) is 7.43. The Balaban J connectivity index is 2.97. The lowest BCUT2D eigenvalue weighted by molar-refractivity contribution is -0.135. The highest BCUT2D eigenvalue weighted by Gasteiger charge is 1.88. The fraction of sp³-hybridized carbons (Fsp3) is 0.333. The molecule has 0 fully saturated rings. The predicted molar refractivity (Wildman–Crippen MR) is 25.2 cm³/mol. The Kier molecular flexibility index (Phi) is 2.67. The van der Waals surface area contributed by atoms with Crippen molar-refractivity contribution in [2.45, 2.75) is 0 Å². The Labute approximate surface area is 40.8 Å². The molecule has 2 N–H and O–H groups in total. The third kappa shape index (κ3) is 4.94. The monoisotopic (exact) mass is 102 g/mol. The molecule has 0 rings (SSSR count). The first-order valence-corrected chi connectivity index (χ1v) is 1.67. The Hall–Kier alpha value is -1.06. The zero-order valence-corrected chi connectivity index (χ0v) is 3.72. The number of carboxylic acids is 1. The molecule has 0 bridgehead atoms. The Bertz CT molecular complexity index is 81.0. The number of aliphatic carboxylic acids is 1. The van der Waals surface area contributed by atoms with E-state index in [1.807, 2.05) is 0 Å². The van der Waals surface area contributed by atoms with Gasteiger partial charge in [-0.2, -0.15) is 5.10 Å². The van der Waals surface area contributed by atoms with Gasteiger partial charge < -0.3 is 5.11 Å². The molecule has 40 valence electrons. The number of hydrogen-bond acceptors (Lipinski definition) is 3. The van der Waals surface area contributed by atoms with Gasteiger partial charge in [0.1, 0.15) is 6.54 Å². The van der Waals surface area contributed by atoms with Gasteiger partial charge in [0.25, 0.3) is 0 Å². The summed E-state index contributed by atoms with van der Waals surface area (Å²) >= 11 is 0. The molecule has 0 unspecified atom stereocenters. The van der Waals surface area contributed by atoms with Crippen molar-refractivity contribution < 1.29 is 9.90 Å². The minimum Gasteiger partial charge on any atom is -0.480 e. The van der Waals surface area contributed by atoms with Crippen LogP contribution in [0.4, 0.5) is 0 Å². The molecule has 4 heteroatoms. The maximum Gasteiger partial charge on any atom is 0.324 e. The summed E-state index contributed by atoms with van der Waals surface area (Å²) < 4.78 is 0. The number of carbonyl (C=O) groups is 1. The van der Waals surface area contributed by atoms with Crippen molar-refractivity contribution in [3.8, 4) is 0 Å². The average Bonchev–Trinajstić information content (AvgIpc) is 1.61. The maximum atomic E-state index is 9.61. The minimum atomic E-state index is -0.938. The van der Waals surface area contributed by atoms with Gasteiger partial charge in [-0.1, -0.05) is 0 Å². The van der Waals surface area contributed by atoms with Crippen molar-refractivity contribution >= 4 is 12.7 Å². The van der Waals surface area contributed by atoms with Gasteiger partial charge >= 0.3 is 5.97 Å². The molecular formula is C3H6N2O2. The van der Waals surface area contributed by atoms with Gasteiger partial charge in [-0.3, -0.25) is 10.2 Å². The maximum absolute atomic E-state index is 9.61. The standard InChI is InChI=1S/C3H6N2O2/c1-4-5-2-3(6)7/h5H,1-2H2,(H,6,7). The Morgan fingerprint density at radius 1 is 2.00 bits per heavy atom. The van der Waals surface area contributed by atoms with Gasteiger partial charge in [0, 0.05) is 6.72 Å². The zero-order chi connectivity index (χ0) is 5.70. The average molecular weight is 102 g/mol. The second kappa shape index (κ2) is 3.14. The van der Waals surface area contributed by atoms with Crippen LogP contribution in [-0.2, 0) is 4.79 Å². The van der Waals surface area contributed by atoms with E-state index in [2.05, 4.69) is 17.2 Å². The minimum absolute atomic E-state index is 0.163. The molecule has 0 aliphatic rings. The zero-order valence-electron chi connectivity index (χ0n) is 3.72. The van der Waals surface area contributed by atoms with Crippen LogP contribution in [0.3, 0.4) is 0 Å². The number of nitrogens with zero attached hydrogens (tertiary/aromatic N) is 1. The molecule has 0 aromatic rings. The number of rotatable bonds is 3. The van der Waals surface area contributed by atoms with Gasteiger partial charge in [-0.15, -0.1) is 0 Å². The van der Waals surface area contributed by atoms with E-state index in [-0.39, 0.29) is 6.54 Å². The van der Waals surface area contributed by atoms with Crippen LogP contribution in [-0.4, -0.2) is 24.3 Å². The predicted octanol–water partition coefficient (Wildman–Crippen LogP) is -0.724. The molecule has 0 amide bonds. The van der Waals surface area contributed by atoms with Gasteiger partial charge in [0.15, 0.2) is 0 Å². The highest BCUT2D eigenvalue weighted by Crippen LogP contribution is 1.55. The Morgan fingerprint density at radius 2 is 2.57 bits per heavy atom. The van der Waals surface area contributed by atoms with Crippen molar-refractivity contribution in [1.82, 2.24) is 5.43 Å². The van der Waals surface area contributed by atoms with E-state index in [4.69, 9.17) is 5.11 Å². The van der Waals surface area contributed by atoms with Crippen LogP contribution in [0.25, 0.3) is 0 Å². The van der Waals surface area contributed by atoms with E-state index in [0.717, 1.165) is 0 Å². The second-order valence-corrected chi connectivity index (χ2v) is 0.887. The summed E-state index contributed by atoms with van der Waals surface area (Å²) in [6, 6.07) is 0. The molecule has 7 heavy (non-hydrogen) atoms. The fourth-order valence-corrected chi connectivity index (χ4v) is 0.124. The third-order valence-corrected chi connectivity index (χ3v) is 0.342. The van der Waals surface area contributed by atoms with Crippen LogP contribution in [0, 0.1) is 0 Å². The summed E-state index contributed by atoms with van der Waals surface area (Å²) in [4.78, 5) is 9.61. The van der Waals surface area contributed by atoms with Gasteiger partial charge in [-0.05, 0) is 0 Å². The number of nitrogens with one attached hydrogen (secondary N) is 1. The van der Waals surface area contributed by atoms with Crippen LogP contribution in [0.2, 0.25) is 0 Å². The van der Waals surface area contributed by atoms with Crippen LogP contribution in [0.1, 0.15) is 0 Å². The van der Waals surface area contributed by atoms with Gasteiger partial charge in [-0.25, -0.2) is 0 Å². The van der Waals surface area contributed by atoms with E-state index in [9.17, 15) is 4.79 Å². The molecule has 0 aromatic heterocycles. The summed E-state index contributed by atoms with van der Waals surface area (Å²) in [6.07, 6.45) is 0. The smallest absolute Gasteiger partial charge is 0.324 e. The largest absolute Gasteiger partial charge is 0.480 e. The van der Waals surface area contributed by atoms with E-state index < -0.39 is 5.97 Å². The van der Waals surface area contributed by atoms with Crippen molar-refractivity contribution in [2.24, 2.45) is 5.10 Å². The molecule has 0 heterocycles. The fourth-order valence-electron chi connectivity index (χ4n) is 0.124. The molecule has 0 aromatic carbocycles. The van der Waals surface area contributed by atoms with Crippen molar-refractivity contribution in [1.29, 1.82) is 0 Å². The van der Waals surface area contributed by atoms with Crippen LogP contribution >= 0.6 is 0 Å². The highest BCUT2D eigenvalue weighted by atomic mass is 16.4. The molecule has 0 atom stereocenters. The van der Waals surface area contributed by atoms with E-state index >= 15 is 0 Å².